The van der Waals surface area contributed by atoms with Gasteiger partial charge in [-0.1, -0.05) is 25.0 Å². The number of carbonyl (C=O) groups is 3. The van der Waals surface area contributed by atoms with E-state index in [4.69, 9.17) is 9.47 Å². The van der Waals surface area contributed by atoms with Crippen molar-refractivity contribution in [3.63, 3.8) is 0 Å². The van der Waals surface area contributed by atoms with Gasteiger partial charge >= 0.3 is 5.97 Å². The molecule has 2 aliphatic rings. The van der Waals surface area contributed by atoms with Gasteiger partial charge < -0.3 is 25.2 Å². The van der Waals surface area contributed by atoms with Crippen molar-refractivity contribution >= 4 is 23.5 Å². The Bertz CT molecular complexity index is 1260. The zero-order valence-electron chi connectivity index (χ0n) is 23.0. The molecule has 0 aromatic heterocycles. The molecule has 2 fully saturated rings. The van der Waals surface area contributed by atoms with Crippen LogP contribution in [0.1, 0.15) is 85.1 Å². The highest BCUT2D eigenvalue weighted by Crippen LogP contribution is 2.40. The normalized spacial score (nSPS) is 21.8. The molecule has 0 bridgehead atoms. The Labute approximate surface area is 228 Å². The average Bonchev–Trinajstić information content (AvgIpc) is 2.89. The van der Waals surface area contributed by atoms with Crippen LogP contribution in [0, 0.1) is 23.6 Å². The largest absolute Gasteiger partial charge is 0.496 e. The Balaban J connectivity index is 1.51. The van der Waals surface area contributed by atoms with E-state index in [-0.39, 0.29) is 34.5 Å². The summed E-state index contributed by atoms with van der Waals surface area (Å²) in [6.45, 7) is 6.28. The van der Waals surface area contributed by atoms with Crippen molar-refractivity contribution in [2.24, 2.45) is 10.8 Å². The first-order valence-corrected chi connectivity index (χ1v) is 13.4. The van der Waals surface area contributed by atoms with Crippen LogP contribution in [0.5, 0.6) is 11.5 Å². The lowest BCUT2D eigenvalue weighted by atomic mass is 9.70. The van der Waals surface area contributed by atoms with E-state index in [9.17, 15) is 23.9 Å². The Hall–Kier alpha value is -3.62. The maximum atomic E-state index is 14.9. The molecule has 2 amide bonds. The third-order valence-corrected chi connectivity index (χ3v) is 8.25. The minimum Gasteiger partial charge on any atom is -0.496 e. The first-order valence-electron chi connectivity index (χ1n) is 13.4. The van der Waals surface area contributed by atoms with Gasteiger partial charge in [0, 0.05) is 12.6 Å². The number of amides is 2. The summed E-state index contributed by atoms with van der Waals surface area (Å²) in [6, 6.07) is 7.57. The highest BCUT2D eigenvalue weighted by atomic mass is 19.1. The van der Waals surface area contributed by atoms with Crippen LogP contribution in [0.3, 0.4) is 0 Å². The number of aryl methyl sites for hydroxylation is 1. The standard InChI is InChI=1S/C30H37FN2O6/c1-18-6-7-23(20(14-18)26(34)32-17-29(2)10-5-11-29)33-27(35)21-15-25(22(31)16-24(21)38-4)39-19-8-12-30(3,13-9-19)28(36)37/h6-7,14-16,19H,5,8-13,17H2,1-4H3,(H,32,34)(H,33,35)(H,36,37). The highest BCUT2D eigenvalue weighted by Gasteiger charge is 2.38. The number of carbonyl (C=O) groups excluding carboxylic acids is 2. The number of methoxy groups -OCH3 is 1. The van der Waals surface area contributed by atoms with Crippen LogP contribution in [0.25, 0.3) is 0 Å². The van der Waals surface area contributed by atoms with E-state index in [1.54, 1.807) is 25.1 Å². The minimum absolute atomic E-state index is 0.0236. The summed E-state index contributed by atoms with van der Waals surface area (Å²) in [4.78, 5) is 38.0. The lowest BCUT2D eigenvalue weighted by Crippen LogP contribution is -2.40. The van der Waals surface area contributed by atoms with Crippen molar-refractivity contribution in [3.8, 4) is 11.5 Å². The lowest BCUT2D eigenvalue weighted by molar-refractivity contribution is -0.150. The fourth-order valence-corrected chi connectivity index (χ4v) is 5.20. The molecule has 2 saturated carbocycles. The van der Waals surface area contributed by atoms with E-state index >= 15 is 0 Å². The lowest BCUT2D eigenvalue weighted by Gasteiger charge is -2.38. The Morgan fingerprint density at radius 2 is 1.69 bits per heavy atom. The maximum absolute atomic E-state index is 14.9. The minimum atomic E-state index is -0.850. The van der Waals surface area contributed by atoms with Crippen LogP contribution >= 0.6 is 0 Å². The summed E-state index contributed by atoms with van der Waals surface area (Å²) in [7, 11) is 1.34. The summed E-state index contributed by atoms with van der Waals surface area (Å²) >= 11 is 0. The zero-order chi connectivity index (χ0) is 28.4. The van der Waals surface area contributed by atoms with Crippen molar-refractivity contribution in [3.05, 3.63) is 52.8 Å². The molecule has 39 heavy (non-hydrogen) atoms. The molecule has 3 N–H and O–H groups in total. The van der Waals surface area contributed by atoms with Crippen LogP contribution in [-0.4, -0.2) is 42.6 Å². The number of ether oxygens (including phenoxy) is 2. The molecule has 8 nitrogen and oxygen atoms in total. The second kappa shape index (κ2) is 11.2. The van der Waals surface area contributed by atoms with Crippen LogP contribution in [-0.2, 0) is 4.79 Å². The molecule has 0 saturated heterocycles. The number of carboxylic acid groups (broad SMARTS) is 1. The number of hydrogen-bond donors (Lipinski definition) is 3. The van der Waals surface area contributed by atoms with Gasteiger partial charge in [-0.3, -0.25) is 14.4 Å². The smallest absolute Gasteiger partial charge is 0.309 e. The highest BCUT2D eigenvalue weighted by molar-refractivity contribution is 6.10. The Morgan fingerprint density at radius 1 is 1.00 bits per heavy atom. The third kappa shape index (κ3) is 6.34. The maximum Gasteiger partial charge on any atom is 0.309 e. The van der Waals surface area contributed by atoms with Crippen LogP contribution in [0.15, 0.2) is 30.3 Å². The van der Waals surface area contributed by atoms with Crippen molar-refractivity contribution < 1.29 is 33.4 Å². The van der Waals surface area contributed by atoms with E-state index in [1.165, 1.54) is 13.2 Å². The first kappa shape index (κ1) is 28.4. The quantitative estimate of drug-likeness (QED) is 0.375. The van der Waals surface area contributed by atoms with E-state index < -0.39 is 23.1 Å². The number of halogens is 1. The average molecular weight is 541 g/mol. The van der Waals surface area contributed by atoms with Gasteiger partial charge in [-0.25, -0.2) is 4.39 Å². The molecular weight excluding hydrogens is 503 g/mol. The molecule has 0 atom stereocenters. The zero-order valence-corrected chi connectivity index (χ0v) is 23.0. The van der Waals surface area contributed by atoms with Crippen LogP contribution in [0.4, 0.5) is 10.1 Å². The molecule has 0 heterocycles. The molecule has 0 unspecified atom stereocenters. The summed E-state index contributed by atoms with van der Waals surface area (Å²) in [5.74, 6) is -2.48. The molecular formula is C30H37FN2O6. The topological polar surface area (TPSA) is 114 Å². The van der Waals surface area contributed by atoms with E-state index in [0.717, 1.165) is 30.9 Å². The molecule has 210 valence electrons. The van der Waals surface area contributed by atoms with Gasteiger partial charge in [0.25, 0.3) is 11.8 Å². The second-order valence-electron chi connectivity index (χ2n) is 11.5. The second-order valence-corrected chi connectivity index (χ2v) is 11.5. The van der Waals surface area contributed by atoms with Gasteiger partial charge in [0.05, 0.1) is 35.4 Å². The third-order valence-electron chi connectivity index (χ3n) is 8.25. The summed E-state index contributed by atoms with van der Waals surface area (Å²) in [6.07, 6.45) is 4.66. The van der Waals surface area contributed by atoms with Gasteiger partial charge in [-0.2, -0.15) is 0 Å². The van der Waals surface area contributed by atoms with Crippen LogP contribution < -0.4 is 20.1 Å². The molecule has 0 aliphatic heterocycles. The van der Waals surface area contributed by atoms with Crippen molar-refractivity contribution in [2.45, 2.75) is 71.8 Å². The molecule has 0 radical (unpaired) electrons. The number of benzene rings is 2. The molecule has 0 spiro atoms. The van der Waals surface area contributed by atoms with Gasteiger partial charge in [0.1, 0.15) is 5.75 Å². The SMILES string of the molecule is COc1cc(F)c(OC2CCC(C)(C(=O)O)CC2)cc1C(=O)Nc1ccc(C)cc1C(=O)NCC1(C)CCC1. The van der Waals surface area contributed by atoms with Crippen molar-refractivity contribution in [2.75, 3.05) is 19.0 Å². The number of carboxylic acids is 1. The van der Waals surface area contributed by atoms with Gasteiger partial charge in [-0.15, -0.1) is 0 Å². The van der Waals surface area contributed by atoms with E-state index in [0.29, 0.717) is 43.5 Å². The van der Waals surface area contributed by atoms with Crippen molar-refractivity contribution in [1.29, 1.82) is 0 Å². The summed E-state index contributed by atoms with van der Waals surface area (Å²) < 4.78 is 26.1. The predicted molar refractivity (Wildman–Crippen MR) is 145 cm³/mol. The molecule has 4 rings (SSSR count). The fraction of sp³-hybridized carbons (Fsp3) is 0.500. The Morgan fingerprint density at radius 3 is 2.28 bits per heavy atom. The number of hydrogen-bond acceptors (Lipinski definition) is 5. The first-order chi connectivity index (χ1) is 18.4. The van der Waals surface area contributed by atoms with E-state index in [2.05, 4.69) is 17.6 Å². The molecule has 2 aliphatic carbocycles. The Kier molecular flexibility index (Phi) is 8.18. The van der Waals surface area contributed by atoms with Crippen molar-refractivity contribution in [1.82, 2.24) is 5.32 Å². The van der Waals surface area contributed by atoms with Gasteiger partial charge in [0.15, 0.2) is 11.6 Å². The summed E-state index contributed by atoms with van der Waals surface area (Å²) in [5.41, 5.74) is 0.870. The number of rotatable bonds is 9. The number of anilines is 1. The monoisotopic (exact) mass is 540 g/mol. The van der Waals surface area contributed by atoms with Gasteiger partial charge in [0.2, 0.25) is 0 Å². The number of aliphatic carboxylic acids is 1. The number of nitrogens with one attached hydrogen (secondary N) is 2. The van der Waals surface area contributed by atoms with Gasteiger partial charge in [-0.05, 0) is 76.0 Å². The fourth-order valence-electron chi connectivity index (χ4n) is 5.20. The molecule has 9 heteroatoms. The molecule has 2 aromatic rings. The van der Waals surface area contributed by atoms with Crippen LogP contribution in [0.2, 0.25) is 0 Å². The predicted octanol–water partition coefficient (Wildman–Crippen LogP) is 5.73. The summed E-state index contributed by atoms with van der Waals surface area (Å²) in [5, 5.41) is 15.2. The van der Waals surface area contributed by atoms with E-state index in [1.807, 2.05) is 6.92 Å². The molecule has 2 aromatic carbocycles.